The number of carboxylic acids is 1. The number of aromatic carboxylic acids is 1. The van der Waals surface area contributed by atoms with E-state index in [1.165, 1.54) is 5.56 Å². The van der Waals surface area contributed by atoms with Crippen molar-refractivity contribution in [2.45, 2.75) is 13.3 Å². The zero-order valence-electron chi connectivity index (χ0n) is 14.0. The third-order valence-corrected chi connectivity index (χ3v) is 4.80. The summed E-state index contributed by atoms with van der Waals surface area (Å²) in [6.45, 7) is 2.10. The molecule has 2 N–H and O–H groups in total. The molecule has 0 aliphatic carbocycles. The van der Waals surface area contributed by atoms with Crippen LogP contribution in [-0.4, -0.2) is 16.1 Å². The lowest BCUT2D eigenvalue weighted by atomic mass is 10.1. The van der Waals surface area contributed by atoms with Crippen molar-refractivity contribution < 1.29 is 14.3 Å². The predicted molar refractivity (Wildman–Crippen MR) is 103 cm³/mol. The molecule has 2 heterocycles. The number of aromatic amines is 1. The highest BCUT2D eigenvalue weighted by atomic mass is 35.5. The van der Waals surface area contributed by atoms with Crippen molar-refractivity contribution in [1.82, 2.24) is 4.98 Å². The number of nitrogens with one attached hydrogen (secondary N) is 1. The van der Waals surface area contributed by atoms with E-state index in [2.05, 4.69) is 11.9 Å². The molecule has 2 aromatic carbocycles. The van der Waals surface area contributed by atoms with Gasteiger partial charge in [0.15, 0.2) is 11.3 Å². The highest BCUT2D eigenvalue weighted by Gasteiger charge is 2.14. The van der Waals surface area contributed by atoms with Gasteiger partial charge in [0.25, 0.3) is 0 Å². The minimum Gasteiger partial charge on any atom is -0.478 e. The molecule has 0 fully saturated rings. The van der Waals surface area contributed by atoms with Crippen LogP contribution in [0.1, 0.15) is 22.8 Å². The molecule has 130 valence electrons. The largest absolute Gasteiger partial charge is 0.478 e. The molecule has 0 unspecified atom stereocenters. The summed E-state index contributed by atoms with van der Waals surface area (Å²) in [5.41, 5.74) is 4.79. The second-order valence-corrected chi connectivity index (χ2v) is 6.49. The number of aryl methyl sites for hydroxylation is 1. The topological polar surface area (TPSA) is 66.2 Å². The van der Waals surface area contributed by atoms with Gasteiger partial charge >= 0.3 is 5.97 Å². The van der Waals surface area contributed by atoms with Crippen LogP contribution in [0.4, 0.5) is 0 Å². The summed E-state index contributed by atoms with van der Waals surface area (Å²) in [6.07, 6.45) is 0.901. The van der Waals surface area contributed by atoms with Gasteiger partial charge < -0.3 is 14.5 Å². The van der Waals surface area contributed by atoms with Crippen molar-refractivity contribution in [3.05, 3.63) is 70.7 Å². The highest BCUT2D eigenvalue weighted by Crippen LogP contribution is 2.35. The maximum absolute atomic E-state index is 11.0. The third kappa shape index (κ3) is 2.78. The summed E-state index contributed by atoms with van der Waals surface area (Å²) in [5.74, 6) is -0.217. The molecule has 4 aromatic rings. The smallest absolute Gasteiger partial charge is 0.335 e. The van der Waals surface area contributed by atoms with Gasteiger partial charge in [-0.1, -0.05) is 36.7 Å². The second kappa shape index (κ2) is 6.39. The molecule has 4 rings (SSSR count). The van der Waals surface area contributed by atoms with Gasteiger partial charge in [0.05, 0.1) is 16.3 Å². The number of fused-ring (bicyclic) bond motifs is 1. The monoisotopic (exact) mass is 365 g/mol. The van der Waals surface area contributed by atoms with Gasteiger partial charge in [0.2, 0.25) is 0 Å². The minimum atomic E-state index is -0.936. The maximum atomic E-state index is 11.0. The Morgan fingerprint density at radius 2 is 1.81 bits per heavy atom. The molecule has 0 bridgehead atoms. The number of hydrogen-bond acceptors (Lipinski definition) is 2. The number of carbonyl (C=O) groups is 1. The summed E-state index contributed by atoms with van der Waals surface area (Å²) in [6, 6.07) is 16.5. The Morgan fingerprint density at radius 1 is 1.08 bits per heavy atom. The van der Waals surface area contributed by atoms with E-state index < -0.39 is 5.97 Å². The van der Waals surface area contributed by atoms with Crippen molar-refractivity contribution in [3.63, 3.8) is 0 Å². The van der Waals surface area contributed by atoms with Crippen LogP contribution in [0.15, 0.2) is 59.0 Å². The Labute approximate surface area is 155 Å². The van der Waals surface area contributed by atoms with E-state index in [9.17, 15) is 4.79 Å². The van der Waals surface area contributed by atoms with E-state index in [-0.39, 0.29) is 5.56 Å². The van der Waals surface area contributed by atoms with E-state index in [0.29, 0.717) is 10.6 Å². The van der Waals surface area contributed by atoms with Gasteiger partial charge in [-0.05, 0) is 53.9 Å². The molecule has 0 radical (unpaired) electrons. The van der Waals surface area contributed by atoms with Gasteiger partial charge in [-0.25, -0.2) is 4.79 Å². The zero-order chi connectivity index (χ0) is 18.3. The molecular formula is C21H16ClNO3. The fourth-order valence-electron chi connectivity index (χ4n) is 3.09. The number of halogens is 1. The normalized spacial score (nSPS) is 11.2. The van der Waals surface area contributed by atoms with Crippen LogP contribution in [0.3, 0.4) is 0 Å². The molecule has 0 spiro atoms. The van der Waals surface area contributed by atoms with Crippen molar-refractivity contribution in [2.24, 2.45) is 0 Å². The van der Waals surface area contributed by atoms with Crippen molar-refractivity contribution in [3.8, 4) is 22.7 Å². The molecule has 2 aromatic heterocycles. The lowest BCUT2D eigenvalue weighted by molar-refractivity contribution is 0.0697. The van der Waals surface area contributed by atoms with Crippen molar-refractivity contribution in [1.29, 1.82) is 0 Å². The molecule has 0 aliphatic rings. The fraction of sp³-hybridized carbons (Fsp3) is 0.0952. The summed E-state index contributed by atoms with van der Waals surface area (Å²) >= 11 is 6.28. The van der Waals surface area contributed by atoms with Gasteiger partial charge in [0.1, 0.15) is 0 Å². The summed E-state index contributed by atoms with van der Waals surface area (Å²) in [5, 5.41) is 10.6. The highest BCUT2D eigenvalue weighted by molar-refractivity contribution is 6.35. The van der Waals surface area contributed by atoms with E-state index in [4.69, 9.17) is 21.1 Å². The standard InChI is InChI=1S/C21H16ClNO3/c1-2-12-7-8-16(22)20-15(12)11-19(26-20)18-10-9-17(23-18)13-3-5-14(6-4-13)21(24)25/h3-11,23H,2H2,1H3,(H,24,25). The van der Waals surface area contributed by atoms with E-state index >= 15 is 0 Å². The van der Waals surface area contributed by atoms with Gasteiger partial charge in [-0.15, -0.1) is 0 Å². The first-order chi connectivity index (χ1) is 12.6. The number of rotatable bonds is 4. The molecule has 0 atom stereocenters. The Bertz CT molecular complexity index is 1110. The Hall–Kier alpha value is -2.98. The van der Waals surface area contributed by atoms with Crippen LogP contribution in [0.5, 0.6) is 0 Å². The summed E-state index contributed by atoms with van der Waals surface area (Å²) < 4.78 is 5.99. The van der Waals surface area contributed by atoms with Crippen LogP contribution in [-0.2, 0) is 6.42 Å². The van der Waals surface area contributed by atoms with Gasteiger partial charge in [0, 0.05) is 11.1 Å². The second-order valence-electron chi connectivity index (χ2n) is 6.08. The number of aromatic nitrogens is 1. The molecule has 0 saturated carbocycles. The lowest BCUT2D eigenvalue weighted by Crippen LogP contribution is -1.94. The van der Waals surface area contributed by atoms with Crippen LogP contribution in [0, 0.1) is 0 Å². The quantitative estimate of drug-likeness (QED) is 0.465. The Morgan fingerprint density at radius 3 is 2.50 bits per heavy atom. The first-order valence-electron chi connectivity index (χ1n) is 8.31. The SMILES string of the molecule is CCc1ccc(Cl)c2oc(-c3ccc(-c4ccc(C(=O)O)cc4)[nH]3)cc12. The predicted octanol–water partition coefficient (Wildman–Crippen LogP) is 6.01. The van der Waals surface area contributed by atoms with Crippen LogP contribution in [0.2, 0.25) is 5.02 Å². The number of carboxylic acid groups (broad SMARTS) is 1. The van der Waals surface area contributed by atoms with Crippen molar-refractivity contribution in [2.75, 3.05) is 0 Å². The Balaban J connectivity index is 1.73. The maximum Gasteiger partial charge on any atom is 0.335 e. The van der Waals surface area contributed by atoms with Crippen LogP contribution < -0.4 is 0 Å². The molecular weight excluding hydrogens is 350 g/mol. The first-order valence-corrected chi connectivity index (χ1v) is 8.68. The molecule has 0 aliphatic heterocycles. The average Bonchev–Trinajstić information content (AvgIpc) is 3.30. The van der Waals surface area contributed by atoms with E-state index in [0.717, 1.165) is 34.5 Å². The molecule has 26 heavy (non-hydrogen) atoms. The summed E-state index contributed by atoms with van der Waals surface area (Å²) in [4.78, 5) is 14.3. The van der Waals surface area contributed by atoms with Gasteiger partial charge in [-0.3, -0.25) is 0 Å². The van der Waals surface area contributed by atoms with Crippen LogP contribution >= 0.6 is 11.6 Å². The third-order valence-electron chi connectivity index (χ3n) is 4.50. The lowest BCUT2D eigenvalue weighted by Gasteiger charge is -1.99. The number of furan rings is 1. The molecule has 5 heteroatoms. The van der Waals surface area contributed by atoms with Crippen molar-refractivity contribution >= 4 is 28.5 Å². The number of H-pyrrole nitrogens is 1. The number of benzene rings is 2. The first kappa shape index (κ1) is 16.5. The fourth-order valence-corrected chi connectivity index (χ4v) is 3.29. The van der Waals surface area contributed by atoms with E-state index in [1.807, 2.05) is 30.3 Å². The van der Waals surface area contributed by atoms with E-state index in [1.54, 1.807) is 24.3 Å². The molecule has 0 saturated heterocycles. The molecule has 0 amide bonds. The van der Waals surface area contributed by atoms with Crippen LogP contribution in [0.25, 0.3) is 33.7 Å². The Kier molecular flexibility index (Phi) is 4.05. The minimum absolute atomic E-state index is 0.263. The number of hydrogen-bond donors (Lipinski definition) is 2. The summed E-state index contributed by atoms with van der Waals surface area (Å²) in [7, 11) is 0. The van der Waals surface area contributed by atoms with Gasteiger partial charge in [-0.2, -0.15) is 0 Å². The average molecular weight is 366 g/mol. The zero-order valence-corrected chi connectivity index (χ0v) is 14.8. The molecule has 4 nitrogen and oxygen atoms in total.